The minimum atomic E-state index is -3.40. The topological polar surface area (TPSA) is 79.3 Å². The molecule has 25 heavy (non-hydrogen) atoms. The van der Waals surface area contributed by atoms with Crippen molar-refractivity contribution in [2.75, 3.05) is 47.2 Å². The highest BCUT2D eigenvalue weighted by atomic mass is 32.2. The summed E-state index contributed by atoms with van der Waals surface area (Å²) in [5, 5.41) is 10.2. The lowest BCUT2D eigenvalue weighted by atomic mass is 10.1. The third-order valence-corrected chi connectivity index (χ3v) is 6.37. The lowest BCUT2D eigenvalue weighted by Gasteiger charge is -2.18. The van der Waals surface area contributed by atoms with Gasteiger partial charge in [-0.1, -0.05) is 0 Å². The summed E-state index contributed by atoms with van der Waals surface area (Å²) in [4.78, 5) is 1.84. The van der Waals surface area contributed by atoms with Gasteiger partial charge in [0, 0.05) is 51.3 Å². The number of halogens is 1. The van der Waals surface area contributed by atoms with Crippen molar-refractivity contribution in [1.82, 2.24) is 9.21 Å². The Morgan fingerprint density at radius 3 is 2.40 bits per heavy atom. The van der Waals surface area contributed by atoms with Gasteiger partial charge in [0.25, 0.3) is 0 Å². The van der Waals surface area contributed by atoms with Crippen LogP contribution in [0.25, 0.3) is 0 Å². The van der Waals surface area contributed by atoms with Crippen molar-refractivity contribution in [3.63, 3.8) is 0 Å². The summed E-state index contributed by atoms with van der Waals surface area (Å²) in [6.45, 7) is 0.922. The van der Waals surface area contributed by atoms with Crippen molar-refractivity contribution >= 4 is 10.0 Å². The van der Waals surface area contributed by atoms with Gasteiger partial charge >= 0.3 is 0 Å². The third kappa shape index (κ3) is 4.60. The number of benzene rings is 1. The van der Waals surface area contributed by atoms with Gasteiger partial charge in [-0.3, -0.25) is 4.90 Å². The number of nitrogens with zero attached hydrogens (tertiary/aromatic N) is 2. The first-order valence-corrected chi connectivity index (χ1v) is 9.50. The zero-order valence-electron chi connectivity index (χ0n) is 14.9. The SMILES string of the molecule is COc1cc(F)c(CN2C[C@@H](CS(=O)(=O)N(C)C)[C@H](O)C2)cc1OC. The molecule has 0 bridgehead atoms. The lowest BCUT2D eigenvalue weighted by Crippen LogP contribution is -2.33. The third-order valence-electron chi connectivity index (χ3n) is 4.41. The van der Waals surface area contributed by atoms with Crippen LogP contribution in [-0.2, 0) is 16.6 Å². The Kier molecular flexibility index (Phi) is 6.26. The molecule has 0 aliphatic carbocycles. The van der Waals surface area contributed by atoms with Crippen LogP contribution < -0.4 is 9.47 Å². The van der Waals surface area contributed by atoms with Gasteiger partial charge in [-0.25, -0.2) is 17.1 Å². The molecule has 9 heteroatoms. The van der Waals surface area contributed by atoms with Crippen LogP contribution in [-0.4, -0.2) is 76.0 Å². The number of rotatable bonds is 7. The van der Waals surface area contributed by atoms with E-state index in [2.05, 4.69) is 0 Å². The molecule has 0 radical (unpaired) electrons. The van der Waals surface area contributed by atoms with Gasteiger partial charge < -0.3 is 14.6 Å². The van der Waals surface area contributed by atoms with E-state index in [1.807, 2.05) is 4.90 Å². The van der Waals surface area contributed by atoms with Crippen LogP contribution in [0.15, 0.2) is 12.1 Å². The molecular formula is C16H25FN2O5S. The second-order valence-electron chi connectivity index (χ2n) is 6.38. The number of hydrogen-bond acceptors (Lipinski definition) is 6. The van der Waals surface area contributed by atoms with Crippen molar-refractivity contribution in [3.05, 3.63) is 23.5 Å². The molecule has 0 saturated carbocycles. The molecule has 1 N–H and O–H groups in total. The Morgan fingerprint density at radius 2 is 1.84 bits per heavy atom. The molecule has 0 amide bonds. The highest BCUT2D eigenvalue weighted by Crippen LogP contribution is 2.31. The van der Waals surface area contributed by atoms with Gasteiger partial charge in [-0.2, -0.15) is 0 Å². The van der Waals surface area contributed by atoms with Crippen LogP contribution >= 0.6 is 0 Å². The van der Waals surface area contributed by atoms with E-state index < -0.39 is 27.9 Å². The molecule has 1 heterocycles. The highest BCUT2D eigenvalue weighted by molar-refractivity contribution is 7.89. The monoisotopic (exact) mass is 376 g/mol. The average Bonchev–Trinajstić information content (AvgIpc) is 2.87. The van der Waals surface area contributed by atoms with Gasteiger partial charge in [0.15, 0.2) is 11.5 Å². The quantitative estimate of drug-likeness (QED) is 0.748. The summed E-state index contributed by atoms with van der Waals surface area (Å²) in [6, 6.07) is 2.82. The van der Waals surface area contributed by atoms with Gasteiger partial charge in [-0.05, 0) is 6.07 Å². The van der Waals surface area contributed by atoms with Crippen molar-refractivity contribution < 1.29 is 27.4 Å². The predicted octanol–water partition coefficient (Wildman–Crippen LogP) is 0.527. The van der Waals surface area contributed by atoms with E-state index >= 15 is 0 Å². The van der Waals surface area contributed by atoms with Crippen molar-refractivity contribution in [1.29, 1.82) is 0 Å². The van der Waals surface area contributed by atoms with Crippen LogP contribution in [0.3, 0.4) is 0 Å². The van der Waals surface area contributed by atoms with E-state index in [1.54, 1.807) is 6.07 Å². The zero-order valence-corrected chi connectivity index (χ0v) is 15.7. The lowest BCUT2D eigenvalue weighted by molar-refractivity contribution is 0.148. The summed E-state index contributed by atoms with van der Waals surface area (Å²) >= 11 is 0. The fraction of sp³-hybridized carbons (Fsp3) is 0.625. The molecular weight excluding hydrogens is 351 g/mol. The van der Waals surface area contributed by atoms with E-state index in [-0.39, 0.29) is 12.3 Å². The first-order valence-electron chi connectivity index (χ1n) is 7.89. The first kappa shape index (κ1) is 19.9. The minimum absolute atomic E-state index is 0.133. The Morgan fingerprint density at radius 1 is 1.24 bits per heavy atom. The number of hydrogen-bond donors (Lipinski definition) is 1. The van der Waals surface area contributed by atoms with Crippen LogP contribution in [0.5, 0.6) is 11.5 Å². The number of aliphatic hydroxyl groups is 1. The smallest absolute Gasteiger partial charge is 0.214 e. The van der Waals surface area contributed by atoms with Crippen LogP contribution in [0.2, 0.25) is 0 Å². The van der Waals surface area contributed by atoms with Gasteiger partial charge in [0.05, 0.1) is 26.1 Å². The van der Waals surface area contributed by atoms with E-state index in [4.69, 9.17) is 9.47 Å². The summed E-state index contributed by atoms with van der Waals surface area (Å²) in [5.74, 6) is -0.246. The van der Waals surface area contributed by atoms with E-state index in [1.165, 1.54) is 34.4 Å². The molecule has 0 spiro atoms. The molecule has 2 atom stereocenters. The van der Waals surface area contributed by atoms with Gasteiger partial charge in [0.2, 0.25) is 10.0 Å². The molecule has 1 aromatic carbocycles. The van der Waals surface area contributed by atoms with Crippen molar-refractivity contribution in [3.8, 4) is 11.5 Å². The number of sulfonamides is 1. The number of likely N-dealkylation sites (tertiary alicyclic amines) is 1. The minimum Gasteiger partial charge on any atom is -0.493 e. The van der Waals surface area contributed by atoms with Crippen molar-refractivity contribution in [2.45, 2.75) is 12.6 Å². The Labute approximate surface area is 148 Å². The summed E-state index contributed by atoms with van der Waals surface area (Å²) < 4.78 is 49.7. The molecule has 1 aliphatic rings. The fourth-order valence-electron chi connectivity index (χ4n) is 2.91. The number of aliphatic hydroxyl groups excluding tert-OH is 1. The number of ether oxygens (including phenoxy) is 2. The molecule has 1 aromatic rings. The number of β-amino-alcohol motifs (C(OH)–C–C–N with tert-alkyl or cyclic N) is 1. The maximum atomic E-state index is 14.3. The second-order valence-corrected chi connectivity index (χ2v) is 8.61. The van der Waals surface area contributed by atoms with E-state index in [9.17, 15) is 17.9 Å². The highest BCUT2D eigenvalue weighted by Gasteiger charge is 2.35. The fourth-order valence-corrected chi connectivity index (χ4v) is 4.08. The van der Waals surface area contributed by atoms with Crippen LogP contribution in [0.1, 0.15) is 5.56 Å². The Balaban J connectivity index is 2.10. The van der Waals surface area contributed by atoms with E-state index in [0.717, 1.165) is 4.31 Å². The molecule has 0 aromatic heterocycles. The molecule has 7 nitrogen and oxygen atoms in total. The Hall–Kier alpha value is -1.42. The standard InChI is InChI=1S/C16H25FN2O5S/c1-18(2)25(21,22)10-12-8-19(9-14(12)20)7-11-5-15(23-3)16(24-4)6-13(11)17/h5-6,12,14,20H,7-10H2,1-4H3/t12-,14+/m0/s1. The van der Waals surface area contributed by atoms with Crippen molar-refractivity contribution in [2.24, 2.45) is 5.92 Å². The van der Waals surface area contributed by atoms with E-state index in [0.29, 0.717) is 30.2 Å². The summed E-state index contributed by atoms with van der Waals surface area (Å²) in [7, 11) is 2.44. The molecule has 142 valence electrons. The van der Waals surface area contributed by atoms with Gasteiger partial charge in [-0.15, -0.1) is 0 Å². The molecule has 0 unspecified atom stereocenters. The second kappa shape index (κ2) is 7.86. The molecule has 1 fully saturated rings. The Bertz CT molecular complexity index is 711. The first-order chi connectivity index (χ1) is 11.7. The zero-order chi connectivity index (χ0) is 18.8. The van der Waals surface area contributed by atoms with Crippen LogP contribution in [0.4, 0.5) is 4.39 Å². The maximum absolute atomic E-state index is 14.3. The van der Waals surface area contributed by atoms with Crippen LogP contribution in [0, 0.1) is 11.7 Å². The summed E-state index contributed by atoms with van der Waals surface area (Å²) in [6.07, 6.45) is -0.766. The predicted molar refractivity (Wildman–Crippen MR) is 91.8 cm³/mol. The maximum Gasteiger partial charge on any atom is 0.214 e. The largest absolute Gasteiger partial charge is 0.493 e. The summed E-state index contributed by atoms with van der Waals surface area (Å²) in [5.41, 5.74) is 0.404. The molecule has 1 saturated heterocycles. The normalized spacial score (nSPS) is 21.7. The number of methoxy groups -OCH3 is 2. The molecule has 1 aliphatic heterocycles. The molecule has 2 rings (SSSR count). The average molecular weight is 376 g/mol. The van der Waals surface area contributed by atoms with Gasteiger partial charge in [0.1, 0.15) is 5.82 Å².